The first kappa shape index (κ1) is 16.1. The molecule has 0 aromatic carbocycles. The van der Waals surface area contributed by atoms with Crippen molar-refractivity contribution in [3.8, 4) is 0 Å². The molecule has 1 saturated carbocycles. The van der Waals surface area contributed by atoms with E-state index >= 15 is 0 Å². The van der Waals surface area contributed by atoms with Gasteiger partial charge >= 0.3 is 6.03 Å². The van der Waals surface area contributed by atoms with Crippen LogP contribution in [0.4, 0.5) is 4.79 Å². The summed E-state index contributed by atoms with van der Waals surface area (Å²) < 4.78 is 0. The number of nitrogens with zero attached hydrogens (tertiary/aromatic N) is 2. The van der Waals surface area contributed by atoms with Crippen molar-refractivity contribution in [2.24, 2.45) is 11.7 Å². The molecule has 2 rings (SSSR count). The Bertz CT molecular complexity index is 370. The van der Waals surface area contributed by atoms with Crippen LogP contribution in [0.3, 0.4) is 0 Å². The van der Waals surface area contributed by atoms with E-state index < -0.39 is 0 Å². The Balaban J connectivity index is 1.94. The van der Waals surface area contributed by atoms with Gasteiger partial charge in [-0.25, -0.2) is 4.79 Å². The van der Waals surface area contributed by atoms with Gasteiger partial charge in [0.15, 0.2) is 0 Å². The average Bonchev–Trinajstić information content (AvgIpc) is 2.49. The van der Waals surface area contributed by atoms with Crippen LogP contribution >= 0.6 is 0 Å². The molecule has 0 atom stereocenters. The van der Waals surface area contributed by atoms with Crippen LogP contribution in [0, 0.1) is 5.92 Å². The summed E-state index contributed by atoms with van der Waals surface area (Å²) in [6.07, 6.45) is 6.78. The van der Waals surface area contributed by atoms with Crippen LogP contribution in [0.15, 0.2) is 0 Å². The van der Waals surface area contributed by atoms with Crippen molar-refractivity contribution < 1.29 is 9.59 Å². The molecule has 0 unspecified atom stereocenters. The van der Waals surface area contributed by atoms with E-state index in [0.29, 0.717) is 12.5 Å². The van der Waals surface area contributed by atoms with Crippen molar-refractivity contribution in [1.82, 2.24) is 9.80 Å². The Morgan fingerprint density at radius 3 is 2.05 bits per heavy atom. The number of urea groups is 1. The molecular formula is C16H29N3O2. The lowest BCUT2D eigenvalue weighted by Crippen LogP contribution is -2.54. The number of hydrogen-bond donors (Lipinski definition) is 1. The highest BCUT2D eigenvalue weighted by atomic mass is 16.2. The fourth-order valence-corrected chi connectivity index (χ4v) is 3.80. The Morgan fingerprint density at radius 2 is 1.57 bits per heavy atom. The van der Waals surface area contributed by atoms with Crippen LogP contribution < -0.4 is 5.73 Å². The third-order valence-electron chi connectivity index (χ3n) is 5.15. The van der Waals surface area contributed by atoms with Crippen LogP contribution in [-0.2, 0) is 4.79 Å². The van der Waals surface area contributed by atoms with Crippen molar-refractivity contribution in [3.63, 3.8) is 0 Å². The molecule has 5 nitrogen and oxygen atoms in total. The van der Waals surface area contributed by atoms with E-state index in [9.17, 15) is 9.59 Å². The Labute approximate surface area is 127 Å². The first-order valence-corrected chi connectivity index (χ1v) is 8.38. The van der Waals surface area contributed by atoms with Gasteiger partial charge in [0.1, 0.15) is 0 Å². The predicted octanol–water partition coefficient (Wildman–Crippen LogP) is 2.35. The largest absolute Gasteiger partial charge is 0.351 e. The van der Waals surface area contributed by atoms with Crippen molar-refractivity contribution in [2.45, 2.75) is 70.9 Å². The summed E-state index contributed by atoms with van der Waals surface area (Å²) in [5, 5.41) is 0. The van der Waals surface area contributed by atoms with Gasteiger partial charge < -0.3 is 15.5 Å². The van der Waals surface area contributed by atoms with Gasteiger partial charge in [-0.1, -0.05) is 13.8 Å². The van der Waals surface area contributed by atoms with E-state index in [-0.39, 0.29) is 18.0 Å². The SMILES string of the molecule is CCC(=O)N1CCC(N(C(N)=O)C2CCC(C)CC2)CC1. The van der Waals surface area contributed by atoms with Gasteiger partial charge in [-0.15, -0.1) is 0 Å². The molecule has 5 heteroatoms. The molecule has 120 valence electrons. The second-order valence-electron chi connectivity index (χ2n) is 6.62. The normalized spacial score (nSPS) is 27.4. The first-order chi connectivity index (χ1) is 10.0. The minimum Gasteiger partial charge on any atom is -0.351 e. The Hall–Kier alpha value is -1.26. The summed E-state index contributed by atoms with van der Waals surface area (Å²) in [5.74, 6) is 0.977. The van der Waals surface area contributed by atoms with E-state index in [1.807, 2.05) is 16.7 Å². The number of primary amides is 1. The summed E-state index contributed by atoms with van der Waals surface area (Å²) in [5.41, 5.74) is 5.66. The standard InChI is InChI=1S/C16H29N3O2/c1-3-15(20)18-10-8-14(9-11-18)19(16(17)21)13-6-4-12(2)5-7-13/h12-14H,3-11H2,1-2H3,(H2,17,21). The lowest BCUT2D eigenvalue weighted by atomic mass is 9.85. The van der Waals surface area contributed by atoms with Crippen molar-refractivity contribution in [1.29, 1.82) is 0 Å². The van der Waals surface area contributed by atoms with Gasteiger partial charge in [0.25, 0.3) is 0 Å². The summed E-state index contributed by atoms with van der Waals surface area (Å²) in [6.45, 7) is 5.68. The molecule has 0 bridgehead atoms. The predicted molar refractivity (Wildman–Crippen MR) is 82.7 cm³/mol. The molecule has 21 heavy (non-hydrogen) atoms. The number of carbonyl (C=O) groups is 2. The highest BCUT2D eigenvalue weighted by Gasteiger charge is 2.34. The highest BCUT2D eigenvalue weighted by molar-refractivity contribution is 5.76. The fraction of sp³-hybridized carbons (Fsp3) is 0.875. The molecule has 1 aliphatic heterocycles. The van der Waals surface area contributed by atoms with Gasteiger partial charge in [-0.2, -0.15) is 0 Å². The lowest BCUT2D eigenvalue weighted by molar-refractivity contribution is -0.132. The second-order valence-corrected chi connectivity index (χ2v) is 6.62. The molecule has 2 N–H and O–H groups in total. The number of piperidine rings is 1. The maximum atomic E-state index is 11.9. The van der Waals surface area contributed by atoms with E-state index in [1.54, 1.807) is 0 Å². The van der Waals surface area contributed by atoms with E-state index in [4.69, 9.17) is 5.73 Å². The number of carbonyl (C=O) groups excluding carboxylic acids is 2. The monoisotopic (exact) mass is 295 g/mol. The second kappa shape index (κ2) is 7.14. The smallest absolute Gasteiger partial charge is 0.315 e. The Kier molecular flexibility index (Phi) is 5.48. The minimum atomic E-state index is -0.283. The van der Waals surface area contributed by atoms with Gasteiger partial charge in [0.05, 0.1) is 0 Å². The lowest BCUT2D eigenvalue weighted by Gasteiger charge is -2.43. The zero-order valence-corrected chi connectivity index (χ0v) is 13.4. The molecule has 2 fully saturated rings. The van der Waals surface area contributed by atoms with Crippen molar-refractivity contribution in [3.05, 3.63) is 0 Å². The molecular weight excluding hydrogens is 266 g/mol. The third kappa shape index (κ3) is 3.89. The summed E-state index contributed by atoms with van der Waals surface area (Å²) in [6, 6.07) is 0.230. The average molecular weight is 295 g/mol. The molecule has 0 spiro atoms. The van der Waals surface area contributed by atoms with Crippen LogP contribution in [0.1, 0.15) is 58.8 Å². The van der Waals surface area contributed by atoms with Gasteiger partial charge in [-0.3, -0.25) is 4.79 Å². The summed E-state index contributed by atoms with van der Waals surface area (Å²) >= 11 is 0. The van der Waals surface area contributed by atoms with Crippen LogP contribution in [0.25, 0.3) is 0 Å². The highest BCUT2D eigenvalue weighted by Crippen LogP contribution is 2.30. The maximum absolute atomic E-state index is 11.9. The van der Waals surface area contributed by atoms with Crippen molar-refractivity contribution >= 4 is 11.9 Å². The zero-order chi connectivity index (χ0) is 15.4. The fourth-order valence-electron chi connectivity index (χ4n) is 3.80. The number of amides is 3. The third-order valence-corrected chi connectivity index (χ3v) is 5.15. The molecule has 1 saturated heterocycles. The van der Waals surface area contributed by atoms with E-state index in [1.165, 1.54) is 12.8 Å². The molecule has 0 radical (unpaired) electrons. The summed E-state index contributed by atoms with van der Waals surface area (Å²) in [7, 11) is 0. The zero-order valence-electron chi connectivity index (χ0n) is 13.4. The molecule has 3 amide bonds. The van der Waals surface area contributed by atoms with Crippen LogP contribution in [-0.4, -0.2) is 46.9 Å². The molecule has 2 aliphatic rings. The topological polar surface area (TPSA) is 66.6 Å². The van der Waals surface area contributed by atoms with Gasteiger partial charge in [-0.05, 0) is 44.4 Å². The number of hydrogen-bond acceptors (Lipinski definition) is 2. The van der Waals surface area contributed by atoms with Gasteiger partial charge in [0.2, 0.25) is 5.91 Å². The number of nitrogens with two attached hydrogens (primary N) is 1. The van der Waals surface area contributed by atoms with E-state index in [0.717, 1.165) is 44.7 Å². The molecule has 0 aromatic heterocycles. The van der Waals surface area contributed by atoms with Crippen LogP contribution in [0.5, 0.6) is 0 Å². The molecule has 1 aliphatic carbocycles. The summed E-state index contributed by atoms with van der Waals surface area (Å²) in [4.78, 5) is 27.5. The maximum Gasteiger partial charge on any atom is 0.315 e. The van der Waals surface area contributed by atoms with Crippen molar-refractivity contribution in [2.75, 3.05) is 13.1 Å². The number of likely N-dealkylation sites (tertiary alicyclic amines) is 1. The quantitative estimate of drug-likeness (QED) is 0.868. The minimum absolute atomic E-state index is 0.210. The van der Waals surface area contributed by atoms with Gasteiger partial charge in [0, 0.05) is 31.6 Å². The van der Waals surface area contributed by atoms with E-state index in [2.05, 4.69) is 6.92 Å². The number of rotatable bonds is 3. The molecule has 0 aromatic rings. The first-order valence-electron chi connectivity index (χ1n) is 8.38. The van der Waals surface area contributed by atoms with Crippen LogP contribution in [0.2, 0.25) is 0 Å². The molecule has 1 heterocycles. The Morgan fingerprint density at radius 1 is 1.05 bits per heavy atom.